The first kappa shape index (κ1) is 32.9. The summed E-state index contributed by atoms with van der Waals surface area (Å²) >= 11 is 12.5. The van der Waals surface area contributed by atoms with Crippen LogP contribution < -0.4 is 14.4 Å². The Hall–Kier alpha value is -4.05. The third-order valence-electron chi connectivity index (χ3n) is 6.98. The number of para-hydroxylation sites is 1. The molecular weight excluding hydrogens is 621 g/mol. The minimum Gasteiger partial charge on any atom is -0.457 e. The van der Waals surface area contributed by atoms with Crippen LogP contribution in [0, 0.1) is 6.92 Å². The molecule has 0 spiro atoms. The van der Waals surface area contributed by atoms with E-state index in [1.807, 2.05) is 25.1 Å². The van der Waals surface area contributed by atoms with Gasteiger partial charge < -0.3 is 15.0 Å². The normalized spacial score (nSPS) is 11.8. The van der Waals surface area contributed by atoms with Gasteiger partial charge in [-0.2, -0.15) is 0 Å². The fourth-order valence-corrected chi connectivity index (χ4v) is 6.47. The fourth-order valence-electron chi connectivity index (χ4n) is 4.59. The Kier molecular flexibility index (Phi) is 10.9. The highest BCUT2D eigenvalue weighted by atomic mass is 35.5. The van der Waals surface area contributed by atoms with Crippen molar-refractivity contribution >= 4 is 50.7 Å². The fraction of sp³-hybridized carbons (Fsp3) is 0.212. The van der Waals surface area contributed by atoms with E-state index in [1.54, 1.807) is 73.7 Å². The standard InChI is InChI=1S/C33H33Cl2N3O5S/c1-4-31(33(40)36-3)37(21-24-12-13-25(34)20-30(24)35)32(39)22-38(44(41,42)29-18-10-23(2)11-19-29)26-14-16-28(17-15-26)43-27-8-6-5-7-9-27/h5-20,31H,4,21-22H2,1-3H3,(H,36,40)/t31-/m0/s1. The summed E-state index contributed by atoms with van der Waals surface area (Å²) in [6.07, 6.45) is 0.285. The molecule has 0 aliphatic carbocycles. The Morgan fingerprint density at radius 3 is 2.11 bits per heavy atom. The number of nitrogens with one attached hydrogen (secondary N) is 1. The van der Waals surface area contributed by atoms with Gasteiger partial charge in [-0.25, -0.2) is 8.42 Å². The van der Waals surface area contributed by atoms with Crippen LogP contribution in [0.5, 0.6) is 11.5 Å². The lowest BCUT2D eigenvalue weighted by atomic mass is 10.1. The maximum Gasteiger partial charge on any atom is 0.264 e. The molecule has 0 radical (unpaired) electrons. The third kappa shape index (κ3) is 7.91. The van der Waals surface area contributed by atoms with E-state index >= 15 is 0 Å². The predicted molar refractivity (Wildman–Crippen MR) is 174 cm³/mol. The van der Waals surface area contributed by atoms with Gasteiger partial charge in [-0.3, -0.25) is 13.9 Å². The van der Waals surface area contributed by atoms with Crippen molar-refractivity contribution in [3.63, 3.8) is 0 Å². The summed E-state index contributed by atoms with van der Waals surface area (Å²) in [7, 11) is -2.73. The number of hydrogen-bond donors (Lipinski definition) is 1. The van der Waals surface area contributed by atoms with E-state index in [4.69, 9.17) is 27.9 Å². The van der Waals surface area contributed by atoms with Crippen LogP contribution in [-0.4, -0.2) is 44.8 Å². The molecule has 0 saturated carbocycles. The molecule has 2 amide bonds. The number of hydrogen-bond acceptors (Lipinski definition) is 5. The van der Waals surface area contributed by atoms with Crippen molar-refractivity contribution in [1.82, 2.24) is 10.2 Å². The summed E-state index contributed by atoms with van der Waals surface area (Å²) in [5.74, 6) is 0.132. The van der Waals surface area contributed by atoms with Gasteiger partial charge in [0.1, 0.15) is 24.1 Å². The number of rotatable bonds is 12. The third-order valence-corrected chi connectivity index (χ3v) is 9.35. The summed E-state index contributed by atoms with van der Waals surface area (Å²) in [6.45, 7) is 3.01. The number of amides is 2. The number of aryl methyl sites for hydroxylation is 1. The summed E-state index contributed by atoms with van der Waals surface area (Å²) in [5, 5.41) is 3.34. The van der Waals surface area contributed by atoms with Gasteiger partial charge in [0.15, 0.2) is 0 Å². The van der Waals surface area contributed by atoms with E-state index in [-0.39, 0.29) is 29.5 Å². The number of sulfonamides is 1. The van der Waals surface area contributed by atoms with Crippen LogP contribution in [-0.2, 0) is 26.2 Å². The zero-order valence-electron chi connectivity index (χ0n) is 24.5. The molecule has 0 unspecified atom stereocenters. The largest absolute Gasteiger partial charge is 0.457 e. The Labute approximate surface area is 268 Å². The van der Waals surface area contributed by atoms with Crippen molar-refractivity contribution in [2.24, 2.45) is 0 Å². The van der Waals surface area contributed by atoms with Crippen LogP contribution in [0.15, 0.2) is 102 Å². The van der Waals surface area contributed by atoms with Gasteiger partial charge in [-0.1, -0.05) is 72.1 Å². The molecule has 0 bridgehead atoms. The number of ether oxygens (including phenoxy) is 1. The summed E-state index contributed by atoms with van der Waals surface area (Å²) in [4.78, 5) is 28.4. The van der Waals surface area contributed by atoms with Gasteiger partial charge in [-0.05, 0) is 79.6 Å². The van der Waals surface area contributed by atoms with Crippen LogP contribution >= 0.6 is 23.2 Å². The zero-order valence-corrected chi connectivity index (χ0v) is 26.9. The minimum absolute atomic E-state index is 0.0196. The van der Waals surface area contributed by atoms with E-state index in [0.29, 0.717) is 27.1 Å². The molecule has 0 fully saturated rings. The number of benzene rings is 4. The van der Waals surface area contributed by atoms with Gasteiger partial charge in [0.25, 0.3) is 10.0 Å². The molecule has 0 heterocycles. The lowest BCUT2D eigenvalue weighted by molar-refractivity contribution is -0.140. The number of likely N-dealkylation sites (N-methyl/N-ethyl adjacent to an activating group) is 1. The molecule has 1 N–H and O–H groups in total. The molecule has 4 aromatic carbocycles. The highest BCUT2D eigenvalue weighted by Gasteiger charge is 2.33. The maximum absolute atomic E-state index is 14.1. The number of nitrogens with zero attached hydrogens (tertiary/aromatic N) is 2. The summed E-state index contributed by atoms with van der Waals surface area (Å²) < 4.78 is 35.1. The van der Waals surface area contributed by atoms with Crippen molar-refractivity contribution in [1.29, 1.82) is 0 Å². The van der Waals surface area contributed by atoms with Gasteiger partial charge in [0.2, 0.25) is 11.8 Å². The Morgan fingerprint density at radius 1 is 0.886 bits per heavy atom. The molecule has 44 heavy (non-hydrogen) atoms. The van der Waals surface area contributed by atoms with E-state index in [1.165, 1.54) is 24.1 Å². The van der Waals surface area contributed by atoms with Gasteiger partial charge >= 0.3 is 0 Å². The molecule has 0 saturated heterocycles. The topological polar surface area (TPSA) is 96.0 Å². The Morgan fingerprint density at radius 2 is 1.52 bits per heavy atom. The SMILES string of the molecule is CC[C@@H](C(=O)NC)N(Cc1ccc(Cl)cc1Cl)C(=O)CN(c1ccc(Oc2ccccc2)cc1)S(=O)(=O)c1ccc(C)cc1. The second kappa shape index (κ2) is 14.6. The number of carbonyl (C=O) groups is 2. The quantitative estimate of drug-likeness (QED) is 0.181. The first-order valence-corrected chi connectivity index (χ1v) is 16.1. The minimum atomic E-state index is -4.22. The molecule has 1 atom stereocenters. The highest BCUT2D eigenvalue weighted by Crippen LogP contribution is 2.29. The molecule has 0 aliphatic heterocycles. The summed E-state index contributed by atoms with van der Waals surface area (Å²) in [5.41, 5.74) is 1.69. The van der Waals surface area contributed by atoms with Crippen molar-refractivity contribution < 1.29 is 22.7 Å². The van der Waals surface area contributed by atoms with E-state index in [9.17, 15) is 18.0 Å². The van der Waals surface area contributed by atoms with Crippen molar-refractivity contribution in [3.05, 3.63) is 118 Å². The van der Waals surface area contributed by atoms with Crippen LogP contribution in [0.25, 0.3) is 0 Å². The molecular formula is C33H33Cl2N3O5S. The lowest BCUT2D eigenvalue weighted by Gasteiger charge is -2.33. The van der Waals surface area contributed by atoms with Crippen molar-refractivity contribution in [3.8, 4) is 11.5 Å². The molecule has 4 rings (SSSR count). The predicted octanol–water partition coefficient (Wildman–Crippen LogP) is 6.84. The van der Waals surface area contributed by atoms with Crippen LogP contribution in [0.2, 0.25) is 10.0 Å². The molecule has 8 nitrogen and oxygen atoms in total. The number of carbonyl (C=O) groups excluding carboxylic acids is 2. The number of halogens is 2. The van der Waals surface area contributed by atoms with Gasteiger partial charge in [0.05, 0.1) is 10.6 Å². The van der Waals surface area contributed by atoms with E-state index < -0.39 is 28.5 Å². The second-order valence-corrected chi connectivity index (χ2v) is 12.7. The highest BCUT2D eigenvalue weighted by molar-refractivity contribution is 7.92. The molecule has 0 aliphatic rings. The average molecular weight is 655 g/mol. The van der Waals surface area contributed by atoms with Crippen molar-refractivity contribution in [2.45, 2.75) is 37.8 Å². The molecule has 4 aromatic rings. The maximum atomic E-state index is 14.1. The molecule has 11 heteroatoms. The summed E-state index contributed by atoms with van der Waals surface area (Å²) in [6, 6.07) is 26.0. The van der Waals surface area contributed by atoms with Gasteiger partial charge in [0, 0.05) is 23.6 Å². The Balaban J connectivity index is 1.73. The van der Waals surface area contributed by atoms with Crippen molar-refractivity contribution in [2.75, 3.05) is 17.9 Å². The van der Waals surface area contributed by atoms with E-state index in [0.717, 1.165) is 9.87 Å². The monoisotopic (exact) mass is 653 g/mol. The second-order valence-electron chi connectivity index (χ2n) is 10.0. The smallest absolute Gasteiger partial charge is 0.264 e. The lowest BCUT2D eigenvalue weighted by Crippen LogP contribution is -2.51. The number of anilines is 1. The first-order chi connectivity index (χ1) is 21.0. The zero-order chi connectivity index (χ0) is 31.9. The van der Waals surface area contributed by atoms with E-state index in [2.05, 4.69) is 5.32 Å². The first-order valence-electron chi connectivity index (χ1n) is 13.9. The average Bonchev–Trinajstić information content (AvgIpc) is 3.01. The van der Waals surface area contributed by atoms with Crippen LogP contribution in [0.3, 0.4) is 0 Å². The van der Waals surface area contributed by atoms with Crippen LogP contribution in [0.1, 0.15) is 24.5 Å². The van der Waals surface area contributed by atoms with Crippen LogP contribution in [0.4, 0.5) is 5.69 Å². The molecule has 0 aromatic heterocycles. The Bertz CT molecular complexity index is 1700. The molecule has 230 valence electrons. The van der Waals surface area contributed by atoms with Gasteiger partial charge in [-0.15, -0.1) is 0 Å².